The molecule has 2 N–H and O–H groups in total. The summed E-state index contributed by atoms with van der Waals surface area (Å²) in [5.74, 6) is -0.00168. The Morgan fingerprint density at radius 1 is 1.45 bits per heavy atom. The van der Waals surface area contributed by atoms with Crippen molar-refractivity contribution in [1.29, 1.82) is 0 Å². The van der Waals surface area contributed by atoms with Gasteiger partial charge in [0.05, 0.1) is 11.3 Å². The summed E-state index contributed by atoms with van der Waals surface area (Å²) in [4.78, 5) is 17.6. The fraction of sp³-hybridized carbons (Fsp3) is 0.714. The number of aliphatic hydroxyl groups is 1. The zero-order valence-corrected chi connectivity index (χ0v) is 14.0. The smallest absolute Gasteiger partial charge is 0.225 e. The van der Waals surface area contributed by atoms with E-state index in [1.807, 2.05) is 26.2 Å². The van der Waals surface area contributed by atoms with Crippen molar-refractivity contribution < 1.29 is 9.90 Å². The van der Waals surface area contributed by atoms with Crippen molar-refractivity contribution in [2.45, 2.75) is 59.2 Å². The number of carbonyl (C=O) groups is 1. The highest BCUT2D eigenvalue weighted by Crippen LogP contribution is 2.23. The average Bonchev–Trinajstić information content (AvgIpc) is 2.74. The van der Waals surface area contributed by atoms with Crippen LogP contribution in [0.15, 0.2) is 5.38 Å². The lowest BCUT2D eigenvalue weighted by Crippen LogP contribution is -2.55. The maximum Gasteiger partial charge on any atom is 0.225 e. The molecule has 1 amide bonds. The minimum Gasteiger partial charge on any atom is -0.389 e. The molecule has 0 atom stereocenters. The van der Waals surface area contributed by atoms with Crippen molar-refractivity contribution in [3.63, 3.8) is 0 Å². The molecule has 0 unspecified atom stereocenters. The third kappa shape index (κ3) is 4.01. The maximum absolute atomic E-state index is 11.5. The van der Waals surface area contributed by atoms with Crippen molar-refractivity contribution in [3.8, 4) is 0 Å². The van der Waals surface area contributed by atoms with Crippen LogP contribution in [-0.2, 0) is 11.3 Å². The van der Waals surface area contributed by atoms with Crippen LogP contribution in [0, 0.1) is 0 Å². The maximum atomic E-state index is 11.5. The second-order valence-corrected chi connectivity index (χ2v) is 6.76. The van der Waals surface area contributed by atoms with Crippen LogP contribution in [0.3, 0.4) is 0 Å². The standard InChI is InChI=1S/C14H25N3O2S/c1-7-17(10(2)18)12-16-11(9-20-12)8-15-13(3,4)14(5,6)19/h9,15,19H,7-8H2,1-6H3. The zero-order valence-electron chi connectivity index (χ0n) is 13.1. The monoisotopic (exact) mass is 299 g/mol. The number of thiazole rings is 1. The summed E-state index contributed by atoms with van der Waals surface area (Å²) in [5.41, 5.74) is -0.385. The summed E-state index contributed by atoms with van der Waals surface area (Å²) < 4.78 is 0. The third-order valence-electron chi connectivity index (χ3n) is 3.71. The van der Waals surface area contributed by atoms with Gasteiger partial charge in [-0.1, -0.05) is 0 Å². The van der Waals surface area contributed by atoms with Crippen LogP contribution in [0.5, 0.6) is 0 Å². The summed E-state index contributed by atoms with van der Waals surface area (Å²) in [6, 6.07) is 0. The van der Waals surface area contributed by atoms with Crippen LogP contribution in [0.25, 0.3) is 0 Å². The molecule has 1 aromatic rings. The third-order valence-corrected chi connectivity index (χ3v) is 4.62. The van der Waals surface area contributed by atoms with Crippen molar-refractivity contribution in [3.05, 3.63) is 11.1 Å². The molecule has 1 aromatic heterocycles. The van der Waals surface area contributed by atoms with Crippen molar-refractivity contribution in [2.24, 2.45) is 0 Å². The van der Waals surface area contributed by atoms with Gasteiger partial charge in [0.1, 0.15) is 0 Å². The van der Waals surface area contributed by atoms with E-state index < -0.39 is 11.1 Å². The van der Waals surface area contributed by atoms with Gasteiger partial charge in [-0.25, -0.2) is 4.98 Å². The fourth-order valence-electron chi connectivity index (χ4n) is 1.52. The molecule has 1 rings (SSSR count). The average molecular weight is 299 g/mol. The Bertz CT molecular complexity index is 463. The first-order chi connectivity index (χ1) is 9.08. The molecule has 0 aromatic carbocycles. The van der Waals surface area contributed by atoms with Crippen LogP contribution in [-0.4, -0.2) is 33.7 Å². The molecule has 0 radical (unpaired) electrons. The number of hydrogen-bond acceptors (Lipinski definition) is 5. The zero-order chi connectivity index (χ0) is 15.6. The van der Waals surface area contributed by atoms with Gasteiger partial charge in [-0.3, -0.25) is 9.69 Å². The molecule has 0 spiro atoms. The van der Waals surface area contributed by atoms with Gasteiger partial charge < -0.3 is 10.4 Å². The van der Waals surface area contributed by atoms with E-state index in [1.54, 1.807) is 25.7 Å². The van der Waals surface area contributed by atoms with Crippen molar-refractivity contribution in [2.75, 3.05) is 11.4 Å². The molecule has 0 saturated heterocycles. The van der Waals surface area contributed by atoms with Gasteiger partial charge in [0.2, 0.25) is 5.91 Å². The fourth-order valence-corrected chi connectivity index (χ4v) is 2.45. The van der Waals surface area contributed by atoms with E-state index in [0.29, 0.717) is 13.1 Å². The van der Waals surface area contributed by atoms with Gasteiger partial charge in [-0.05, 0) is 34.6 Å². The first-order valence-electron chi connectivity index (χ1n) is 6.78. The Hall–Kier alpha value is -0.980. The molecule has 114 valence electrons. The number of anilines is 1. The predicted octanol–water partition coefficient (Wildman–Crippen LogP) is 2.15. The van der Waals surface area contributed by atoms with E-state index in [4.69, 9.17) is 0 Å². The number of nitrogens with one attached hydrogen (secondary N) is 1. The second kappa shape index (κ2) is 6.20. The first kappa shape index (κ1) is 17.1. The first-order valence-corrected chi connectivity index (χ1v) is 7.66. The lowest BCUT2D eigenvalue weighted by atomic mass is 9.86. The molecule has 0 saturated carbocycles. The highest BCUT2D eigenvalue weighted by atomic mass is 32.1. The Morgan fingerprint density at radius 2 is 2.05 bits per heavy atom. The van der Waals surface area contributed by atoms with Crippen LogP contribution in [0.2, 0.25) is 0 Å². The molecule has 20 heavy (non-hydrogen) atoms. The van der Waals surface area contributed by atoms with Gasteiger partial charge in [-0.2, -0.15) is 0 Å². The van der Waals surface area contributed by atoms with Crippen LogP contribution in [0.4, 0.5) is 5.13 Å². The van der Waals surface area contributed by atoms with E-state index >= 15 is 0 Å². The van der Waals surface area contributed by atoms with Gasteiger partial charge in [0, 0.05) is 30.9 Å². The van der Waals surface area contributed by atoms with Crippen molar-refractivity contribution >= 4 is 22.4 Å². The largest absolute Gasteiger partial charge is 0.389 e. The minimum absolute atomic E-state index is 0.00168. The Morgan fingerprint density at radius 3 is 2.50 bits per heavy atom. The predicted molar refractivity (Wildman–Crippen MR) is 83.0 cm³/mol. The molecular formula is C14H25N3O2S. The highest BCUT2D eigenvalue weighted by Gasteiger charge is 2.34. The minimum atomic E-state index is -0.833. The van der Waals surface area contributed by atoms with E-state index in [9.17, 15) is 9.90 Å². The molecule has 0 aliphatic carbocycles. The Kier molecular flexibility index (Phi) is 5.29. The van der Waals surface area contributed by atoms with E-state index in [2.05, 4.69) is 10.3 Å². The van der Waals surface area contributed by atoms with Gasteiger partial charge in [0.25, 0.3) is 0 Å². The SMILES string of the molecule is CCN(C(C)=O)c1nc(CNC(C)(C)C(C)(C)O)cs1. The molecule has 0 aliphatic rings. The molecule has 0 bridgehead atoms. The summed E-state index contributed by atoms with van der Waals surface area (Å²) in [6.07, 6.45) is 0. The molecule has 1 heterocycles. The van der Waals surface area contributed by atoms with E-state index in [-0.39, 0.29) is 5.91 Å². The van der Waals surface area contributed by atoms with Crippen LogP contribution in [0.1, 0.15) is 47.2 Å². The lowest BCUT2D eigenvalue weighted by Gasteiger charge is -2.38. The topological polar surface area (TPSA) is 65.5 Å². The number of nitrogens with zero attached hydrogens (tertiary/aromatic N) is 2. The van der Waals surface area contributed by atoms with Gasteiger partial charge in [-0.15, -0.1) is 11.3 Å². The van der Waals surface area contributed by atoms with E-state index in [1.165, 1.54) is 11.3 Å². The molecular weight excluding hydrogens is 274 g/mol. The number of rotatable bonds is 6. The van der Waals surface area contributed by atoms with Gasteiger partial charge in [0.15, 0.2) is 5.13 Å². The Labute approximate surface area is 125 Å². The summed E-state index contributed by atoms with van der Waals surface area (Å²) in [5, 5.41) is 16.1. The summed E-state index contributed by atoms with van der Waals surface area (Å²) >= 11 is 1.46. The van der Waals surface area contributed by atoms with Crippen LogP contribution >= 0.6 is 11.3 Å². The normalized spacial score (nSPS) is 12.6. The number of hydrogen-bond donors (Lipinski definition) is 2. The van der Waals surface area contributed by atoms with E-state index in [0.717, 1.165) is 10.8 Å². The lowest BCUT2D eigenvalue weighted by molar-refractivity contribution is -0.116. The molecule has 5 nitrogen and oxygen atoms in total. The number of carbonyl (C=O) groups excluding carboxylic acids is 1. The molecule has 6 heteroatoms. The van der Waals surface area contributed by atoms with Crippen molar-refractivity contribution in [1.82, 2.24) is 10.3 Å². The molecule has 0 fully saturated rings. The Balaban J connectivity index is 2.72. The van der Waals surface area contributed by atoms with Gasteiger partial charge >= 0.3 is 0 Å². The van der Waals surface area contributed by atoms with Crippen LogP contribution < -0.4 is 10.2 Å². The number of amides is 1. The second-order valence-electron chi connectivity index (χ2n) is 5.92. The summed E-state index contributed by atoms with van der Waals surface area (Å²) in [6.45, 7) is 12.1. The number of aromatic nitrogens is 1. The quantitative estimate of drug-likeness (QED) is 0.845. The summed E-state index contributed by atoms with van der Waals surface area (Å²) in [7, 11) is 0. The molecule has 0 aliphatic heterocycles. The highest BCUT2D eigenvalue weighted by molar-refractivity contribution is 7.14.